The van der Waals surface area contributed by atoms with E-state index < -0.39 is 11.6 Å². The number of rotatable bonds is 5. The lowest BCUT2D eigenvalue weighted by molar-refractivity contribution is -0.131. The van der Waals surface area contributed by atoms with Crippen molar-refractivity contribution in [3.8, 4) is 0 Å². The number of nitrogens with zero attached hydrogens (tertiary/aromatic N) is 2. The molecule has 0 saturated carbocycles. The minimum Gasteiger partial charge on any atom is -0.339 e. The van der Waals surface area contributed by atoms with Crippen LogP contribution in [0.25, 0.3) is 0 Å². The van der Waals surface area contributed by atoms with Gasteiger partial charge in [0.15, 0.2) is 11.6 Å². The molecule has 0 N–H and O–H groups in total. The van der Waals surface area contributed by atoms with Gasteiger partial charge >= 0.3 is 0 Å². The van der Waals surface area contributed by atoms with Crippen LogP contribution in [0.15, 0.2) is 42.7 Å². The molecule has 22 heavy (non-hydrogen) atoms. The van der Waals surface area contributed by atoms with Crippen LogP contribution in [0.5, 0.6) is 0 Å². The molecule has 0 saturated heterocycles. The molecule has 1 amide bonds. The minimum absolute atomic E-state index is 0.0545. The van der Waals surface area contributed by atoms with Gasteiger partial charge in [-0.3, -0.25) is 9.78 Å². The minimum atomic E-state index is -0.902. The molecule has 2 rings (SSSR count). The van der Waals surface area contributed by atoms with Crippen LogP contribution in [0.4, 0.5) is 8.78 Å². The lowest BCUT2D eigenvalue weighted by Crippen LogP contribution is -2.29. The Bertz CT molecular complexity index is 646. The van der Waals surface area contributed by atoms with E-state index in [0.717, 1.165) is 17.7 Å². The van der Waals surface area contributed by atoms with Gasteiger partial charge < -0.3 is 4.90 Å². The van der Waals surface area contributed by atoms with Gasteiger partial charge in [-0.25, -0.2) is 8.78 Å². The molecule has 3 nitrogen and oxygen atoms in total. The zero-order chi connectivity index (χ0) is 16.1. The molecule has 5 heteroatoms. The summed E-state index contributed by atoms with van der Waals surface area (Å²) in [4.78, 5) is 17.8. The first kappa shape index (κ1) is 16.1. The quantitative estimate of drug-likeness (QED) is 0.847. The van der Waals surface area contributed by atoms with Crippen molar-refractivity contribution in [2.45, 2.75) is 25.8 Å². The summed E-state index contributed by atoms with van der Waals surface area (Å²) < 4.78 is 26.3. The van der Waals surface area contributed by atoms with E-state index >= 15 is 0 Å². The molecule has 1 atom stereocenters. The third-order valence-electron chi connectivity index (χ3n) is 3.75. The van der Waals surface area contributed by atoms with Gasteiger partial charge in [-0.1, -0.05) is 12.1 Å². The van der Waals surface area contributed by atoms with E-state index in [1.807, 2.05) is 12.1 Å². The maximum Gasteiger partial charge on any atom is 0.223 e. The summed E-state index contributed by atoms with van der Waals surface area (Å²) in [6, 6.07) is 7.12. The van der Waals surface area contributed by atoms with Crippen LogP contribution >= 0.6 is 0 Å². The summed E-state index contributed by atoms with van der Waals surface area (Å²) in [5.41, 5.74) is 1.56. The number of benzene rings is 1. The summed E-state index contributed by atoms with van der Waals surface area (Å²) in [6.45, 7) is 1.79. The van der Waals surface area contributed by atoms with E-state index in [2.05, 4.69) is 4.98 Å². The Labute approximate surface area is 128 Å². The zero-order valence-corrected chi connectivity index (χ0v) is 12.6. The summed E-state index contributed by atoms with van der Waals surface area (Å²) in [5, 5.41) is 0. The van der Waals surface area contributed by atoms with Crippen molar-refractivity contribution in [2.24, 2.45) is 0 Å². The zero-order valence-electron chi connectivity index (χ0n) is 12.6. The van der Waals surface area contributed by atoms with Gasteiger partial charge in [0.25, 0.3) is 0 Å². The van der Waals surface area contributed by atoms with Crippen LogP contribution in [-0.2, 0) is 11.2 Å². The van der Waals surface area contributed by atoms with E-state index in [1.165, 1.54) is 6.07 Å². The summed E-state index contributed by atoms with van der Waals surface area (Å²) in [6.07, 6.45) is 4.35. The molecular weight excluding hydrogens is 286 g/mol. The van der Waals surface area contributed by atoms with Gasteiger partial charge in [-0.15, -0.1) is 0 Å². The Hall–Kier alpha value is -2.30. The Morgan fingerprint density at radius 1 is 1.27 bits per heavy atom. The molecule has 0 aliphatic carbocycles. The lowest BCUT2D eigenvalue weighted by atomic mass is 10.1. The van der Waals surface area contributed by atoms with Crippen molar-refractivity contribution in [3.05, 3.63) is 65.5 Å². The third-order valence-corrected chi connectivity index (χ3v) is 3.75. The predicted molar refractivity (Wildman–Crippen MR) is 80.1 cm³/mol. The highest BCUT2D eigenvalue weighted by molar-refractivity contribution is 5.76. The maximum atomic E-state index is 13.3. The van der Waals surface area contributed by atoms with Crippen molar-refractivity contribution in [2.75, 3.05) is 7.05 Å². The fraction of sp³-hybridized carbons (Fsp3) is 0.294. The van der Waals surface area contributed by atoms with Gasteiger partial charge in [-0.2, -0.15) is 0 Å². The van der Waals surface area contributed by atoms with Gasteiger partial charge in [0.2, 0.25) is 5.91 Å². The number of hydrogen-bond acceptors (Lipinski definition) is 2. The molecule has 0 aliphatic rings. The first-order chi connectivity index (χ1) is 10.5. The lowest BCUT2D eigenvalue weighted by Gasteiger charge is -2.25. The number of carbonyl (C=O) groups excluding carboxylic acids is 1. The highest BCUT2D eigenvalue weighted by atomic mass is 19.2. The van der Waals surface area contributed by atoms with Crippen LogP contribution in [0.1, 0.15) is 30.5 Å². The number of hydrogen-bond donors (Lipinski definition) is 0. The molecule has 1 unspecified atom stereocenters. The number of aryl methyl sites for hydroxylation is 1. The van der Waals surface area contributed by atoms with Crippen LogP contribution in [-0.4, -0.2) is 22.8 Å². The molecule has 0 bridgehead atoms. The van der Waals surface area contributed by atoms with Crippen LogP contribution in [0, 0.1) is 11.6 Å². The Morgan fingerprint density at radius 3 is 2.68 bits per heavy atom. The molecule has 116 valence electrons. The van der Waals surface area contributed by atoms with E-state index in [4.69, 9.17) is 0 Å². The summed E-state index contributed by atoms with van der Waals surface area (Å²) in [5.74, 6) is -1.84. The van der Waals surface area contributed by atoms with E-state index in [0.29, 0.717) is 18.4 Å². The van der Waals surface area contributed by atoms with Gasteiger partial charge in [0.1, 0.15) is 0 Å². The van der Waals surface area contributed by atoms with Gasteiger partial charge in [0.05, 0.1) is 6.04 Å². The smallest absolute Gasteiger partial charge is 0.223 e. The molecule has 1 heterocycles. The number of amides is 1. The van der Waals surface area contributed by atoms with Crippen LogP contribution in [0.2, 0.25) is 0 Å². The average molecular weight is 304 g/mol. The molecule has 1 aromatic heterocycles. The fourth-order valence-electron chi connectivity index (χ4n) is 2.19. The van der Waals surface area contributed by atoms with Gasteiger partial charge in [0, 0.05) is 25.9 Å². The largest absolute Gasteiger partial charge is 0.339 e. The Morgan fingerprint density at radius 2 is 2.05 bits per heavy atom. The van der Waals surface area contributed by atoms with E-state index in [1.54, 1.807) is 31.3 Å². The molecule has 1 aromatic carbocycles. The van der Waals surface area contributed by atoms with Crippen molar-refractivity contribution in [3.63, 3.8) is 0 Å². The summed E-state index contributed by atoms with van der Waals surface area (Å²) >= 11 is 0. The molecule has 2 aromatic rings. The van der Waals surface area contributed by atoms with Crippen molar-refractivity contribution in [1.29, 1.82) is 0 Å². The second kappa shape index (κ2) is 7.11. The SMILES string of the molecule is CC(c1ccc(F)c(F)c1)N(C)C(=O)CCc1cccnc1. The maximum absolute atomic E-state index is 13.3. The van der Waals surface area contributed by atoms with Crippen LogP contribution < -0.4 is 0 Å². The third kappa shape index (κ3) is 3.87. The van der Waals surface area contributed by atoms with Crippen molar-refractivity contribution < 1.29 is 13.6 Å². The average Bonchev–Trinajstić information content (AvgIpc) is 2.54. The highest BCUT2D eigenvalue weighted by Gasteiger charge is 2.18. The Balaban J connectivity index is 1.98. The molecule has 0 aliphatic heterocycles. The number of halogens is 2. The van der Waals surface area contributed by atoms with E-state index in [-0.39, 0.29) is 11.9 Å². The number of carbonyl (C=O) groups is 1. The second-order valence-corrected chi connectivity index (χ2v) is 5.22. The first-order valence-electron chi connectivity index (χ1n) is 7.08. The monoisotopic (exact) mass is 304 g/mol. The Kier molecular flexibility index (Phi) is 5.20. The van der Waals surface area contributed by atoms with Gasteiger partial charge in [-0.05, 0) is 42.7 Å². The van der Waals surface area contributed by atoms with Crippen molar-refractivity contribution >= 4 is 5.91 Å². The molecule has 0 fully saturated rings. The number of aromatic nitrogens is 1. The standard InChI is InChI=1S/C17H18F2N2O/c1-12(14-6-7-15(18)16(19)10-14)21(2)17(22)8-5-13-4-3-9-20-11-13/h3-4,6-7,9-12H,5,8H2,1-2H3. The topological polar surface area (TPSA) is 33.2 Å². The molecular formula is C17H18F2N2O. The normalized spacial score (nSPS) is 12.0. The number of pyridine rings is 1. The predicted octanol–water partition coefficient (Wildman–Crippen LogP) is 3.51. The van der Waals surface area contributed by atoms with Crippen LogP contribution in [0.3, 0.4) is 0 Å². The molecule has 0 spiro atoms. The fourth-order valence-corrected chi connectivity index (χ4v) is 2.19. The highest BCUT2D eigenvalue weighted by Crippen LogP contribution is 2.21. The second-order valence-electron chi connectivity index (χ2n) is 5.22. The summed E-state index contributed by atoms with van der Waals surface area (Å²) in [7, 11) is 1.66. The first-order valence-corrected chi connectivity index (χ1v) is 7.08. The molecule has 0 radical (unpaired) electrons. The van der Waals surface area contributed by atoms with E-state index in [9.17, 15) is 13.6 Å². The van der Waals surface area contributed by atoms with Crippen molar-refractivity contribution in [1.82, 2.24) is 9.88 Å².